The summed E-state index contributed by atoms with van der Waals surface area (Å²) in [6.07, 6.45) is 0.00742. The van der Waals surface area contributed by atoms with Gasteiger partial charge in [0.25, 0.3) is 0 Å². The Labute approximate surface area is 207 Å². The van der Waals surface area contributed by atoms with Crippen molar-refractivity contribution >= 4 is 11.6 Å². The fraction of sp³-hybridized carbons (Fsp3) is 0.462. The lowest BCUT2D eigenvalue weighted by atomic mass is 9.77. The van der Waals surface area contributed by atoms with Crippen LogP contribution in [-0.4, -0.2) is 53.6 Å². The summed E-state index contributed by atoms with van der Waals surface area (Å²) < 4.78 is 11.5. The van der Waals surface area contributed by atoms with Crippen LogP contribution in [0.2, 0.25) is 0 Å². The molecule has 0 aliphatic rings. The molecule has 0 aliphatic carbocycles. The third kappa shape index (κ3) is 7.53. The Morgan fingerprint density at radius 1 is 1.12 bits per heavy atom. The van der Waals surface area contributed by atoms with Crippen molar-refractivity contribution in [3.8, 4) is 11.5 Å². The highest BCUT2D eigenvalue weighted by molar-refractivity contribution is 6.18. The lowest BCUT2D eigenvalue weighted by Gasteiger charge is -2.27. The third-order valence-electron chi connectivity index (χ3n) is 5.85. The van der Waals surface area contributed by atoms with E-state index in [-0.39, 0.29) is 24.5 Å². The van der Waals surface area contributed by atoms with E-state index in [1.807, 2.05) is 25.1 Å². The number of aryl methyl sites for hydroxylation is 1. The fourth-order valence-electron chi connectivity index (χ4n) is 3.57. The Hall–Kier alpha value is -2.45. The van der Waals surface area contributed by atoms with Crippen LogP contribution in [0.4, 0.5) is 0 Å². The summed E-state index contributed by atoms with van der Waals surface area (Å²) in [5.41, 5.74) is 9.87. The standard InChI is InChI=1S/C26H38ClN3O4/c1-18-14-21(8-11-25(18)34-17-22(32)15-27)26(3,4)20-6-9-23(10-7-20)33-13-5-12-30(29)24(16-31)19(2)28/h6-11,14,22,31-32H,5,12-13,15-17,28-29H2,1-4H3/b24-19-. The van der Waals surface area contributed by atoms with Gasteiger partial charge in [0.2, 0.25) is 0 Å². The van der Waals surface area contributed by atoms with Crippen LogP contribution < -0.4 is 21.1 Å². The lowest BCUT2D eigenvalue weighted by molar-refractivity contribution is 0.125. The minimum absolute atomic E-state index is 0.144. The number of benzene rings is 2. The molecule has 1 atom stereocenters. The summed E-state index contributed by atoms with van der Waals surface area (Å²) >= 11 is 5.64. The molecule has 0 aromatic heterocycles. The number of aliphatic hydroxyl groups is 2. The molecule has 0 aliphatic heterocycles. The fourth-order valence-corrected chi connectivity index (χ4v) is 3.66. The van der Waals surface area contributed by atoms with Crippen molar-refractivity contribution in [1.82, 2.24) is 5.01 Å². The number of aliphatic hydroxyl groups excluding tert-OH is 2. The van der Waals surface area contributed by atoms with Gasteiger partial charge in [0.15, 0.2) is 0 Å². The number of hydrazine groups is 1. The summed E-state index contributed by atoms with van der Waals surface area (Å²) in [5.74, 6) is 7.62. The van der Waals surface area contributed by atoms with Crippen molar-refractivity contribution < 1.29 is 19.7 Å². The molecule has 6 N–H and O–H groups in total. The molecule has 2 aromatic rings. The van der Waals surface area contributed by atoms with E-state index in [0.717, 1.165) is 28.2 Å². The second kappa shape index (κ2) is 12.9. The molecule has 8 heteroatoms. The van der Waals surface area contributed by atoms with E-state index in [4.69, 9.17) is 32.7 Å². The summed E-state index contributed by atoms with van der Waals surface area (Å²) in [7, 11) is 0. The van der Waals surface area contributed by atoms with Crippen LogP contribution in [-0.2, 0) is 5.41 Å². The molecule has 7 nitrogen and oxygen atoms in total. The van der Waals surface area contributed by atoms with E-state index < -0.39 is 6.10 Å². The first-order valence-electron chi connectivity index (χ1n) is 11.4. The Morgan fingerprint density at radius 3 is 2.32 bits per heavy atom. The van der Waals surface area contributed by atoms with E-state index in [9.17, 15) is 10.2 Å². The van der Waals surface area contributed by atoms with Gasteiger partial charge in [0.1, 0.15) is 24.2 Å². The van der Waals surface area contributed by atoms with Gasteiger partial charge in [-0.2, -0.15) is 0 Å². The zero-order chi connectivity index (χ0) is 25.3. The van der Waals surface area contributed by atoms with Crippen molar-refractivity contribution in [3.63, 3.8) is 0 Å². The molecule has 2 aromatic carbocycles. The molecule has 0 bridgehead atoms. The van der Waals surface area contributed by atoms with Crippen molar-refractivity contribution in [2.24, 2.45) is 11.6 Å². The second-order valence-corrected chi connectivity index (χ2v) is 9.24. The van der Waals surface area contributed by atoms with Crippen LogP contribution in [0, 0.1) is 6.92 Å². The maximum absolute atomic E-state index is 9.62. The van der Waals surface area contributed by atoms with Crippen molar-refractivity contribution in [2.45, 2.75) is 45.6 Å². The van der Waals surface area contributed by atoms with Gasteiger partial charge in [-0.1, -0.05) is 38.1 Å². The predicted molar refractivity (Wildman–Crippen MR) is 137 cm³/mol. The average Bonchev–Trinajstić information content (AvgIpc) is 2.81. The summed E-state index contributed by atoms with van der Waals surface area (Å²) in [6.45, 7) is 9.07. The third-order valence-corrected chi connectivity index (χ3v) is 6.20. The molecule has 34 heavy (non-hydrogen) atoms. The molecule has 0 fully saturated rings. The highest BCUT2D eigenvalue weighted by atomic mass is 35.5. The maximum atomic E-state index is 9.62. The Kier molecular flexibility index (Phi) is 10.5. The Bertz CT molecular complexity index is 944. The number of rotatable bonds is 13. The van der Waals surface area contributed by atoms with Crippen LogP contribution in [0.1, 0.15) is 43.9 Å². The van der Waals surface area contributed by atoms with Gasteiger partial charge >= 0.3 is 0 Å². The van der Waals surface area contributed by atoms with Crippen LogP contribution in [0.5, 0.6) is 11.5 Å². The summed E-state index contributed by atoms with van der Waals surface area (Å²) in [6, 6.07) is 14.2. The molecule has 0 radical (unpaired) electrons. The first-order valence-corrected chi connectivity index (χ1v) is 11.9. The average molecular weight is 492 g/mol. The van der Waals surface area contributed by atoms with Gasteiger partial charge in [-0.05, 0) is 48.7 Å². The van der Waals surface area contributed by atoms with Crippen molar-refractivity contribution in [3.05, 3.63) is 70.5 Å². The first-order chi connectivity index (χ1) is 16.1. The molecule has 1 unspecified atom stereocenters. The van der Waals surface area contributed by atoms with Crippen LogP contribution in [0.15, 0.2) is 53.9 Å². The highest BCUT2D eigenvalue weighted by Crippen LogP contribution is 2.34. The van der Waals surface area contributed by atoms with E-state index in [1.165, 1.54) is 5.01 Å². The minimum atomic E-state index is -0.683. The molecule has 0 heterocycles. The molecule has 0 saturated heterocycles. The number of nitrogens with two attached hydrogens (primary N) is 2. The minimum Gasteiger partial charge on any atom is -0.494 e. The lowest BCUT2D eigenvalue weighted by Crippen LogP contribution is -2.35. The van der Waals surface area contributed by atoms with Gasteiger partial charge in [-0.3, -0.25) is 0 Å². The summed E-state index contributed by atoms with van der Waals surface area (Å²) in [5, 5.41) is 20.4. The molecule has 0 amide bonds. The SMILES string of the molecule is C/C(N)=C(\CO)N(N)CCCOc1ccc(C(C)(C)c2ccc(OCC(O)CCl)c(C)c2)cc1. The molecule has 0 saturated carbocycles. The van der Waals surface area contributed by atoms with Crippen molar-refractivity contribution in [2.75, 3.05) is 32.2 Å². The largest absolute Gasteiger partial charge is 0.494 e. The van der Waals surface area contributed by atoms with Crippen molar-refractivity contribution in [1.29, 1.82) is 0 Å². The summed E-state index contributed by atoms with van der Waals surface area (Å²) in [4.78, 5) is 0. The second-order valence-electron chi connectivity index (χ2n) is 8.93. The number of alkyl halides is 1. The van der Waals surface area contributed by atoms with E-state index in [1.54, 1.807) is 6.92 Å². The van der Waals surface area contributed by atoms with E-state index in [2.05, 4.69) is 38.1 Å². The predicted octanol–water partition coefficient (Wildman–Crippen LogP) is 3.43. The quantitative estimate of drug-likeness (QED) is 0.147. The van der Waals surface area contributed by atoms with Crippen LogP contribution >= 0.6 is 11.6 Å². The van der Waals surface area contributed by atoms with Gasteiger partial charge in [0.05, 0.1) is 24.8 Å². The first kappa shape index (κ1) is 27.8. The number of nitrogens with zero attached hydrogens (tertiary/aromatic N) is 1. The molecule has 2 rings (SSSR count). The number of ether oxygens (including phenoxy) is 2. The molecular weight excluding hydrogens is 454 g/mol. The zero-order valence-corrected chi connectivity index (χ0v) is 21.3. The van der Waals surface area contributed by atoms with Gasteiger partial charge < -0.3 is 30.4 Å². The van der Waals surface area contributed by atoms with Gasteiger partial charge in [-0.25, -0.2) is 5.84 Å². The van der Waals surface area contributed by atoms with E-state index >= 15 is 0 Å². The molecular formula is C26H38ClN3O4. The zero-order valence-electron chi connectivity index (χ0n) is 20.6. The van der Waals surface area contributed by atoms with Gasteiger partial charge in [0, 0.05) is 24.1 Å². The maximum Gasteiger partial charge on any atom is 0.122 e. The van der Waals surface area contributed by atoms with E-state index in [0.29, 0.717) is 31.0 Å². The monoisotopic (exact) mass is 491 g/mol. The number of hydrogen-bond donors (Lipinski definition) is 4. The number of halogens is 1. The Balaban J connectivity index is 1.96. The number of allylic oxidation sites excluding steroid dienone is 1. The topological polar surface area (TPSA) is 114 Å². The smallest absolute Gasteiger partial charge is 0.122 e. The highest BCUT2D eigenvalue weighted by Gasteiger charge is 2.24. The van der Waals surface area contributed by atoms with Gasteiger partial charge in [-0.15, -0.1) is 11.6 Å². The van der Waals surface area contributed by atoms with Crippen LogP contribution in [0.25, 0.3) is 0 Å². The number of hydrogen-bond acceptors (Lipinski definition) is 7. The molecule has 0 spiro atoms. The Morgan fingerprint density at radius 2 is 1.76 bits per heavy atom. The normalized spacial score (nSPS) is 13.3. The van der Waals surface area contributed by atoms with Crippen LogP contribution in [0.3, 0.4) is 0 Å². The molecule has 188 valence electrons.